The third-order valence-electron chi connectivity index (χ3n) is 2.89. The number of unbranched alkanes of at least 4 members (excludes halogenated alkanes) is 1. The number of alkyl halides is 1. The number of thiazole rings is 1. The first kappa shape index (κ1) is 16.2. The van der Waals surface area contributed by atoms with Gasteiger partial charge in [0.2, 0.25) is 0 Å². The van der Waals surface area contributed by atoms with Crippen molar-refractivity contribution in [3.05, 3.63) is 11.1 Å². The van der Waals surface area contributed by atoms with E-state index in [0.29, 0.717) is 23.5 Å². The molecule has 0 saturated heterocycles. The quantitative estimate of drug-likeness (QED) is 0.711. The molecule has 0 aliphatic heterocycles. The summed E-state index contributed by atoms with van der Waals surface area (Å²) in [7, 11) is 0. The van der Waals surface area contributed by atoms with Crippen molar-refractivity contribution in [1.82, 2.24) is 4.98 Å². The summed E-state index contributed by atoms with van der Waals surface area (Å²) in [4.78, 5) is 15.7. The molecule has 1 N–H and O–H groups in total. The van der Waals surface area contributed by atoms with E-state index in [1.807, 2.05) is 5.38 Å². The van der Waals surface area contributed by atoms with Crippen LogP contribution in [0.3, 0.4) is 0 Å². The standard InChI is InChI=1S/C13H21ClN2O2S/c1-3-5-6-10(4-2)8-18-13(17)16-12-15-11(7-14)9-19-12/h9-10H,3-8H2,1-2H3,(H,15,16,17). The van der Waals surface area contributed by atoms with Crippen LogP contribution in [0.4, 0.5) is 9.93 Å². The van der Waals surface area contributed by atoms with Crippen molar-refractivity contribution in [2.75, 3.05) is 11.9 Å². The molecule has 1 atom stereocenters. The molecule has 4 nitrogen and oxygen atoms in total. The van der Waals surface area contributed by atoms with Gasteiger partial charge in [0.1, 0.15) is 0 Å². The smallest absolute Gasteiger partial charge is 0.413 e. The number of amides is 1. The molecule has 0 radical (unpaired) electrons. The first-order valence-corrected chi connectivity index (χ1v) is 8.05. The predicted molar refractivity (Wildman–Crippen MR) is 79.9 cm³/mol. The number of ether oxygens (including phenoxy) is 1. The Kier molecular flexibility index (Phi) is 7.82. The highest BCUT2D eigenvalue weighted by molar-refractivity contribution is 7.13. The predicted octanol–water partition coefficient (Wildman–Crippen LogP) is 4.65. The SMILES string of the molecule is CCCCC(CC)COC(=O)Nc1nc(CCl)cs1. The van der Waals surface area contributed by atoms with Crippen molar-refractivity contribution in [2.24, 2.45) is 5.92 Å². The van der Waals surface area contributed by atoms with Crippen LogP contribution in [0.25, 0.3) is 0 Å². The summed E-state index contributed by atoms with van der Waals surface area (Å²) in [5.41, 5.74) is 0.761. The molecule has 0 aliphatic carbocycles. The Labute approximate surface area is 123 Å². The number of rotatable bonds is 8. The number of nitrogens with one attached hydrogen (secondary N) is 1. The number of nitrogens with zero attached hydrogens (tertiary/aromatic N) is 1. The Morgan fingerprint density at radius 2 is 2.37 bits per heavy atom. The monoisotopic (exact) mass is 304 g/mol. The maximum Gasteiger partial charge on any atom is 0.413 e. The molecule has 0 saturated carbocycles. The van der Waals surface area contributed by atoms with Gasteiger partial charge >= 0.3 is 6.09 Å². The van der Waals surface area contributed by atoms with E-state index >= 15 is 0 Å². The van der Waals surface area contributed by atoms with Crippen LogP contribution in [0.1, 0.15) is 45.2 Å². The zero-order valence-corrected chi connectivity index (χ0v) is 13.0. The fourth-order valence-electron chi connectivity index (χ4n) is 1.64. The Bertz CT molecular complexity index is 384. The average Bonchev–Trinajstić information content (AvgIpc) is 2.86. The molecule has 0 fully saturated rings. The maximum atomic E-state index is 11.6. The van der Waals surface area contributed by atoms with Crippen LogP contribution in [0.15, 0.2) is 5.38 Å². The van der Waals surface area contributed by atoms with E-state index in [-0.39, 0.29) is 0 Å². The number of carbonyl (C=O) groups is 1. The van der Waals surface area contributed by atoms with E-state index in [1.54, 1.807) is 0 Å². The van der Waals surface area contributed by atoms with Gasteiger partial charge < -0.3 is 4.74 Å². The van der Waals surface area contributed by atoms with Crippen LogP contribution >= 0.6 is 22.9 Å². The van der Waals surface area contributed by atoms with Crippen molar-refractivity contribution in [1.29, 1.82) is 0 Å². The minimum Gasteiger partial charge on any atom is -0.449 e. The third kappa shape index (κ3) is 6.25. The summed E-state index contributed by atoms with van der Waals surface area (Å²) >= 11 is 7.00. The summed E-state index contributed by atoms with van der Waals surface area (Å²) in [5.74, 6) is 0.794. The molecule has 1 rings (SSSR count). The Hall–Kier alpha value is -0.810. The van der Waals surface area contributed by atoms with Crippen LogP contribution in [0.2, 0.25) is 0 Å². The summed E-state index contributed by atoms with van der Waals surface area (Å²) in [6.07, 6.45) is 4.04. The fourth-order valence-corrected chi connectivity index (χ4v) is 2.57. The highest BCUT2D eigenvalue weighted by Crippen LogP contribution is 2.17. The second-order valence-electron chi connectivity index (χ2n) is 4.42. The zero-order valence-electron chi connectivity index (χ0n) is 11.4. The van der Waals surface area contributed by atoms with E-state index in [0.717, 1.165) is 18.5 Å². The van der Waals surface area contributed by atoms with Gasteiger partial charge in [-0.1, -0.05) is 33.1 Å². The number of halogens is 1. The van der Waals surface area contributed by atoms with Gasteiger partial charge in [-0.3, -0.25) is 5.32 Å². The molecule has 1 aromatic rings. The maximum absolute atomic E-state index is 11.6. The number of hydrogen-bond acceptors (Lipinski definition) is 4. The van der Waals surface area contributed by atoms with Crippen molar-refractivity contribution < 1.29 is 9.53 Å². The minimum atomic E-state index is -0.439. The number of anilines is 1. The lowest BCUT2D eigenvalue weighted by atomic mass is 10.0. The van der Waals surface area contributed by atoms with Gasteiger partial charge in [0.15, 0.2) is 5.13 Å². The molecule has 0 aromatic carbocycles. The van der Waals surface area contributed by atoms with E-state index < -0.39 is 6.09 Å². The van der Waals surface area contributed by atoms with Gasteiger partial charge in [-0.2, -0.15) is 0 Å². The van der Waals surface area contributed by atoms with Crippen LogP contribution < -0.4 is 5.32 Å². The topological polar surface area (TPSA) is 51.2 Å². The van der Waals surface area contributed by atoms with E-state index in [2.05, 4.69) is 24.1 Å². The normalized spacial score (nSPS) is 12.2. The molecule has 1 amide bonds. The van der Waals surface area contributed by atoms with Crippen LogP contribution in [0, 0.1) is 5.92 Å². The molecule has 1 heterocycles. The lowest BCUT2D eigenvalue weighted by molar-refractivity contribution is 0.136. The molecule has 0 bridgehead atoms. The van der Waals surface area contributed by atoms with Gasteiger partial charge in [0.25, 0.3) is 0 Å². The largest absolute Gasteiger partial charge is 0.449 e. The summed E-state index contributed by atoms with van der Waals surface area (Å²) < 4.78 is 5.22. The van der Waals surface area contributed by atoms with Gasteiger partial charge in [-0.25, -0.2) is 9.78 Å². The molecule has 6 heteroatoms. The lowest BCUT2D eigenvalue weighted by Gasteiger charge is -2.14. The third-order valence-corrected chi connectivity index (χ3v) is 3.97. The summed E-state index contributed by atoms with van der Waals surface area (Å²) in [6.45, 7) is 4.75. The molecule has 0 spiro atoms. The first-order chi connectivity index (χ1) is 9.19. The van der Waals surface area contributed by atoms with Crippen molar-refractivity contribution in [3.8, 4) is 0 Å². The number of hydrogen-bond donors (Lipinski definition) is 1. The highest BCUT2D eigenvalue weighted by atomic mass is 35.5. The van der Waals surface area contributed by atoms with E-state index in [1.165, 1.54) is 24.2 Å². The molecule has 19 heavy (non-hydrogen) atoms. The lowest BCUT2D eigenvalue weighted by Crippen LogP contribution is -2.18. The Morgan fingerprint density at radius 1 is 1.58 bits per heavy atom. The second-order valence-corrected chi connectivity index (χ2v) is 5.54. The summed E-state index contributed by atoms with van der Waals surface area (Å²) in [6, 6.07) is 0. The van der Waals surface area contributed by atoms with Crippen LogP contribution in [-0.2, 0) is 10.6 Å². The summed E-state index contributed by atoms with van der Waals surface area (Å²) in [5, 5.41) is 4.97. The van der Waals surface area contributed by atoms with E-state index in [9.17, 15) is 4.79 Å². The first-order valence-electron chi connectivity index (χ1n) is 6.63. The molecular formula is C13H21ClN2O2S. The zero-order chi connectivity index (χ0) is 14.1. The Balaban J connectivity index is 2.30. The van der Waals surface area contributed by atoms with E-state index in [4.69, 9.17) is 16.3 Å². The molecule has 1 unspecified atom stereocenters. The van der Waals surface area contributed by atoms with Crippen LogP contribution in [-0.4, -0.2) is 17.7 Å². The number of aromatic nitrogens is 1. The molecule has 0 aliphatic rings. The Morgan fingerprint density at radius 3 is 2.95 bits per heavy atom. The molecule has 1 aromatic heterocycles. The van der Waals surface area contributed by atoms with Crippen molar-refractivity contribution >= 4 is 34.2 Å². The molecular weight excluding hydrogens is 284 g/mol. The molecule has 108 valence electrons. The number of carbonyl (C=O) groups excluding carboxylic acids is 1. The van der Waals surface area contributed by atoms with Gasteiger partial charge in [0, 0.05) is 5.38 Å². The van der Waals surface area contributed by atoms with Gasteiger partial charge in [0.05, 0.1) is 18.2 Å². The minimum absolute atomic E-state index is 0.349. The average molecular weight is 305 g/mol. The second kappa shape index (κ2) is 9.15. The van der Waals surface area contributed by atoms with Crippen molar-refractivity contribution in [2.45, 2.75) is 45.4 Å². The highest BCUT2D eigenvalue weighted by Gasteiger charge is 2.11. The van der Waals surface area contributed by atoms with Crippen molar-refractivity contribution in [3.63, 3.8) is 0 Å². The fraction of sp³-hybridized carbons (Fsp3) is 0.692. The van der Waals surface area contributed by atoms with Gasteiger partial charge in [-0.15, -0.1) is 22.9 Å². The van der Waals surface area contributed by atoms with Gasteiger partial charge in [-0.05, 0) is 12.3 Å². The van der Waals surface area contributed by atoms with Crippen LogP contribution in [0.5, 0.6) is 0 Å².